The number of hydrogen-bond acceptors (Lipinski definition) is 4. The minimum Gasteiger partial charge on any atom is -0.332 e. The van der Waals surface area contributed by atoms with Crippen molar-refractivity contribution in [2.75, 3.05) is 6.54 Å². The fourth-order valence-electron chi connectivity index (χ4n) is 3.32. The molecule has 1 unspecified atom stereocenters. The van der Waals surface area contributed by atoms with E-state index in [0.717, 1.165) is 37.9 Å². The first-order valence-electron chi connectivity index (χ1n) is 8.30. The Morgan fingerprint density at radius 2 is 2.25 bits per heavy atom. The molecule has 7 nitrogen and oxygen atoms in total. The molecule has 3 aromatic rings. The van der Waals surface area contributed by atoms with Crippen LogP contribution < -0.4 is 0 Å². The average molecular weight is 324 g/mol. The number of carbonyl (C=O) groups is 1. The molecular formula is C17H20N6O. The lowest BCUT2D eigenvalue weighted by Gasteiger charge is -2.35. The molecule has 1 aliphatic rings. The van der Waals surface area contributed by atoms with E-state index in [4.69, 9.17) is 0 Å². The summed E-state index contributed by atoms with van der Waals surface area (Å²) in [6, 6.07) is 1.98. The zero-order valence-electron chi connectivity index (χ0n) is 13.7. The van der Waals surface area contributed by atoms with Gasteiger partial charge in [-0.2, -0.15) is 5.10 Å². The smallest absolute Gasteiger partial charge is 0.274 e. The van der Waals surface area contributed by atoms with E-state index in [-0.39, 0.29) is 11.9 Å². The number of hydrogen-bond donors (Lipinski definition) is 0. The Morgan fingerprint density at radius 3 is 3.04 bits per heavy atom. The molecule has 1 aliphatic heterocycles. The molecule has 0 aliphatic carbocycles. The van der Waals surface area contributed by atoms with Crippen LogP contribution in [0.25, 0.3) is 5.78 Å². The summed E-state index contributed by atoms with van der Waals surface area (Å²) in [6.45, 7) is 3.52. The quantitative estimate of drug-likeness (QED) is 0.738. The lowest BCUT2D eigenvalue weighted by atomic mass is 10.0. The maximum Gasteiger partial charge on any atom is 0.274 e. The molecule has 0 bridgehead atoms. The molecule has 0 aromatic carbocycles. The standard InChI is InChI=1S/C17H20N6O/c1-13-9-19-22(10-13)11-14-5-2-3-8-23(14)16(24)15-12-21-7-4-6-18-17(21)20-15/h4,6-7,9-10,12,14H,2-3,5,8,11H2,1H3. The van der Waals surface area contributed by atoms with Crippen LogP contribution in [0.4, 0.5) is 0 Å². The normalized spacial score (nSPS) is 18.2. The SMILES string of the molecule is Cc1cnn(CC2CCCCN2C(=O)c2cn3cccnc3n2)c1. The van der Waals surface area contributed by atoms with Gasteiger partial charge in [0.2, 0.25) is 5.78 Å². The first-order chi connectivity index (χ1) is 11.7. The maximum atomic E-state index is 13.0. The molecule has 1 atom stereocenters. The van der Waals surface area contributed by atoms with Crippen LogP contribution in [0.3, 0.4) is 0 Å². The Bertz CT molecular complexity index is 834. The van der Waals surface area contributed by atoms with Crippen molar-refractivity contribution in [3.05, 3.63) is 48.3 Å². The van der Waals surface area contributed by atoms with Crippen molar-refractivity contribution in [2.24, 2.45) is 0 Å². The number of amides is 1. The predicted molar refractivity (Wildman–Crippen MR) is 88.6 cm³/mol. The summed E-state index contributed by atoms with van der Waals surface area (Å²) in [6.07, 6.45) is 12.3. The van der Waals surface area contributed by atoms with Gasteiger partial charge in [-0.25, -0.2) is 9.97 Å². The largest absolute Gasteiger partial charge is 0.332 e. The fraction of sp³-hybridized carbons (Fsp3) is 0.412. The number of likely N-dealkylation sites (tertiary alicyclic amines) is 1. The molecule has 4 rings (SSSR count). The van der Waals surface area contributed by atoms with Gasteiger partial charge in [-0.1, -0.05) is 0 Å². The topological polar surface area (TPSA) is 68.3 Å². The van der Waals surface area contributed by atoms with Crippen LogP contribution in [0, 0.1) is 6.92 Å². The van der Waals surface area contributed by atoms with E-state index in [1.807, 2.05) is 41.2 Å². The number of fused-ring (bicyclic) bond motifs is 1. The first kappa shape index (κ1) is 14.9. The van der Waals surface area contributed by atoms with Gasteiger partial charge in [-0.15, -0.1) is 0 Å². The zero-order chi connectivity index (χ0) is 16.5. The lowest BCUT2D eigenvalue weighted by Crippen LogP contribution is -2.46. The van der Waals surface area contributed by atoms with Gasteiger partial charge in [0, 0.05) is 31.3 Å². The number of piperidine rings is 1. The molecule has 0 saturated carbocycles. The number of aromatic nitrogens is 5. The first-order valence-corrected chi connectivity index (χ1v) is 8.30. The molecule has 7 heteroatoms. The number of nitrogens with zero attached hydrogens (tertiary/aromatic N) is 6. The lowest BCUT2D eigenvalue weighted by molar-refractivity contribution is 0.0578. The monoisotopic (exact) mass is 324 g/mol. The Kier molecular flexibility index (Phi) is 3.76. The molecular weight excluding hydrogens is 304 g/mol. The van der Waals surface area contributed by atoms with Crippen molar-refractivity contribution in [2.45, 2.75) is 38.8 Å². The van der Waals surface area contributed by atoms with Gasteiger partial charge < -0.3 is 4.90 Å². The minimum absolute atomic E-state index is 0.0194. The fourth-order valence-corrected chi connectivity index (χ4v) is 3.32. The Morgan fingerprint density at radius 1 is 1.33 bits per heavy atom. The molecule has 124 valence electrons. The van der Waals surface area contributed by atoms with Crippen LogP contribution in [0.1, 0.15) is 35.3 Å². The summed E-state index contributed by atoms with van der Waals surface area (Å²) < 4.78 is 3.71. The highest BCUT2D eigenvalue weighted by atomic mass is 16.2. The van der Waals surface area contributed by atoms with Crippen molar-refractivity contribution in [1.82, 2.24) is 29.0 Å². The number of rotatable bonds is 3. The second-order valence-corrected chi connectivity index (χ2v) is 6.34. The van der Waals surface area contributed by atoms with Crippen molar-refractivity contribution < 1.29 is 4.79 Å². The zero-order valence-corrected chi connectivity index (χ0v) is 13.7. The summed E-state index contributed by atoms with van der Waals surface area (Å²) in [5.41, 5.74) is 1.59. The van der Waals surface area contributed by atoms with Gasteiger partial charge in [0.25, 0.3) is 5.91 Å². The number of aryl methyl sites for hydroxylation is 1. The molecule has 3 aromatic heterocycles. The van der Waals surface area contributed by atoms with Gasteiger partial charge in [0.15, 0.2) is 0 Å². The van der Waals surface area contributed by atoms with Crippen molar-refractivity contribution in [1.29, 1.82) is 0 Å². The Hall–Kier alpha value is -2.70. The van der Waals surface area contributed by atoms with E-state index >= 15 is 0 Å². The van der Waals surface area contributed by atoms with Crippen molar-refractivity contribution in [3.8, 4) is 0 Å². The summed E-state index contributed by atoms with van der Waals surface area (Å²) in [7, 11) is 0. The van der Waals surface area contributed by atoms with Crippen LogP contribution in [-0.2, 0) is 6.54 Å². The highest BCUT2D eigenvalue weighted by Gasteiger charge is 2.29. The molecule has 1 fully saturated rings. The number of imidazole rings is 1. The third-order valence-corrected chi connectivity index (χ3v) is 4.50. The van der Waals surface area contributed by atoms with E-state index in [2.05, 4.69) is 15.1 Å². The summed E-state index contributed by atoms with van der Waals surface area (Å²) in [5, 5.41) is 4.36. The molecule has 1 saturated heterocycles. The third kappa shape index (κ3) is 2.77. The Labute approximate surface area is 139 Å². The molecule has 1 amide bonds. The summed E-state index contributed by atoms with van der Waals surface area (Å²) in [5.74, 6) is 0.534. The van der Waals surface area contributed by atoms with Crippen LogP contribution in [-0.4, -0.2) is 47.5 Å². The minimum atomic E-state index is -0.0194. The van der Waals surface area contributed by atoms with E-state index in [9.17, 15) is 4.79 Å². The number of carbonyl (C=O) groups excluding carboxylic acids is 1. The predicted octanol–water partition coefficient (Wildman–Crippen LogP) is 1.93. The molecule has 0 radical (unpaired) electrons. The molecule has 0 N–H and O–H groups in total. The van der Waals surface area contributed by atoms with E-state index < -0.39 is 0 Å². The summed E-state index contributed by atoms with van der Waals surface area (Å²) >= 11 is 0. The second-order valence-electron chi connectivity index (χ2n) is 6.34. The van der Waals surface area contributed by atoms with Crippen molar-refractivity contribution in [3.63, 3.8) is 0 Å². The highest BCUT2D eigenvalue weighted by Crippen LogP contribution is 2.21. The van der Waals surface area contributed by atoms with Crippen LogP contribution in [0.5, 0.6) is 0 Å². The van der Waals surface area contributed by atoms with Crippen LogP contribution >= 0.6 is 0 Å². The Balaban J connectivity index is 1.58. The van der Waals surface area contributed by atoms with Gasteiger partial charge in [-0.05, 0) is 37.8 Å². The van der Waals surface area contributed by atoms with Gasteiger partial charge in [0.1, 0.15) is 5.69 Å². The summed E-state index contributed by atoms with van der Waals surface area (Å²) in [4.78, 5) is 23.5. The second kappa shape index (κ2) is 6.07. The van der Waals surface area contributed by atoms with Crippen LogP contribution in [0.15, 0.2) is 37.1 Å². The molecule has 0 spiro atoms. The third-order valence-electron chi connectivity index (χ3n) is 4.50. The van der Waals surface area contributed by atoms with Gasteiger partial charge in [-0.3, -0.25) is 13.9 Å². The van der Waals surface area contributed by atoms with Crippen LogP contribution in [0.2, 0.25) is 0 Å². The average Bonchev–Trinajstić information content (AvgIpc) is 3.20. The molecule has 24 heavy (non-hydrogen) atoms. The highest BCUT2D eigenvalue weighted by molar-refractivity contribution is 5.93. The van der Waals surface area contributed by atoms with E-state index in [1.54, 1.807) is 16.8 Å². The van der Waals surface area contributed by atoms with Gasteiger partial charge >= 0.3 is 0 Å². The van der Waals surface area contributed by atoms with Crippen molar-refractivity contribution >= 4 is 11.7 Å². The van der Waals surface area contributed by atoms with Gasteiger partial charge in [0.05, 0.1) is 18.8 Å². The van der Waals surface area contributed by atoms with E-state index in [0.29, 0.717) is 11.5 Å². The maximum absolute atomic E-state index is 13.0. The molecule has 4 heterocycles. The van der Waals surface area contributed by atoms with E-state index in [1.165, 1.54) is 0 Å².